The quantitative estimate of drug-likeness (QED) is 0.849. The summed E-state index contributed by atoms with van der Waals surface area (Å²) in [6.07, 6.45) is 6.69. The highest BCUT2D eigenvalue weighted by molar-refractivity contribution is 5.53. The van der Waals surface area contributed by atoms with E-state index in [4.69, 9.17) is 4.74 Å². The number of anilines is 3. The zero-order chi connectivity index (χ0) is 16.4. The highest BCUT2D eigenvalue weighted by atomic mass is 16.5. The highest BCUT2D eigenvalue weighted by Crippen LogP contribution is 2.39. The van der Waals surface area contributed by atoms with Crippen molar-refractivity contribution < 1.29 is 4.74 Å². The number of aromatic amines is 1. The average Bonchev–Trinajstić information content (AvgIpc) is 3.36. The molecule has 7 nitrogen and oxygen atoms in total. The van der Waals surface area contributed by atoms with Crippen molar-refractivity contribution in [1.29, 1.82) is 0 Å². The van der Waals surface area contributed by atoms with Crippen molar-refractivity contribution >= 4 is 17.6 Å². The van der Waals surface area contributed by atoms with E-state index >= 15 is 0 Å². The van der Waals surface area contributed by atoms with Gasteiger partial charge in [-0.25, -0.2) is 4.98 Å². The van der Waals surface area contributed by atoms with Crippen LogP contribution in [0.2, 0.25) is 0 Å². The first-order chi connectivity index (χ1) is 11.8. The Morgan fingerprint density at radius 2 is 2.25 bits per heavy atom. The maximum absolute atomic E-state index is 5.30. The molecule has 4 rings (SSSR count). The number of piperidine rings is 1. The summed E-state index contributed by atoms with van der Waals surface area (Å²) in [5, 5.41) is 10.7. The van der Waals surface area contributed by atoms with Gasteiger partial charge in [0.25, 0.3) is 0 Å². The van der Waals surface area contributed by atoms with Crippen LogP contribution in [0, 0.1) is 5.92 Å². The summed E-state index contributed by atoms with van der Waals surface area (Å²) in [4.78, 5) is 11.4. The van der Waals surface area contributed by atoms with Gasteiger partial charge in [0, 0.05) is 44.1 Å². The molecule has 1 saturated carbocycles. The maximum Gasteiger partial charge on any atom is 0.227 e. The van der Waals surface area contributed by atoms with E-state index in [-0.39, 0.29) is 0 Å². The van der Waals surface area contributed by atoms with E-state index < -0.39 is 0 Å². The van der Waals surface area contributed by atoms with E-state index in [0.29, 0.717) is 11.8 Å². The molecular formula is C17H24N6O. The number of rotatable bonds is 6. The molecule has 2 fully saturated rings. The van der Waals surface area contributed by atoms with Gasteiger partial charge < -0.3 is 15.0 Å². The first-order valence-corrected chi connectivity index (χ1v) is 8.71. The zero-order valence-electron chi connectivity index (χ0n) is 14.0. The van der Waals surface area contributed by atoms with Crippen LogP contribution in [-0.2, 0) is 4.74 Å². The third-order valence-corrected chi connectivity index (χ3v) is 4.72. The van der Waals surface area contributed by atoms with Gasteiger partial charge in [-0.2, -0.15) is 10.1 Å². The van der Waals surface area contributed by atoms with Crippen molar-refractivity contribution in [3.05, 3.63) is 24.0 Å². The molecule has 2 aromatic rings. The Balaban J connectivity index is 1.44. The fraction of sp³-hybridized carbons (Fsp3) is 0.588. The second-order valence-electron chi connectivity index (χ2n) is 6.76. The first kappa shape index (κ1) is 15.4. The highest BCUT2D eigenvalue weighted by Gasteiger charge is 2.25. The maximum atomic E-state index is 5.30. The topological polar surface area (TPSA) is 79.0 Å². The van der Waals surface area contributed by atoms with E-state index in [9.17, 15) is 0 Å². The van der Waals surface area contributed by atoms with Gasteiger partial charge in [-0.15, -0.1) is 0 Å². The van der Waals surface area contributed by atoms with Crippen molar-refractivity contribution in [1.82, 2.24) is 20.2 Å². The normalized spacial score (nSPS) is 21.0. The lowest BCUT2D eigenvalue weighted by molar-refractivity contribution is 0.143. The third kappa shape index (κ3) is 3.51. The summed E-state index contributed by atoms with van der Waals surface area (Å²) in [6.45, 7) is 2.75. The number of H-pyrrole nitrogens is 1. The number of ether oxygens (including phenoxy) is 1. The molecule has 0 unspecified atom stereocenters. The van der Waals surface area contributed by atoms with E-state index in [1.54, 1.807) is 13.3 Å². The molecule has 2 N–H and O–H groups in total. The lowest BCUT2D eigenvalue weighted by Gasteiger charge is -2.32. The predicted molar refractivity (Wildman–Crippen MR) is 92.7 cm³/mol. The molecule has 24 heavy (non-hydrogen) atoms. The predicted octanol–water partition coefficient (Wildman–Crippen LogP) is 2.68. The lowest BCUT2D eigenvalue weighted by atomic mass is 9.99. The van der Waals surface area contributed by atoms with Gasteiger partial charge in [-0.1, -0.05) is 0 Å². The van der Waals surface area contributed by atoms with Gasteiger partial charge in [0.1, 0.15) is 5.82 Å². The minimum atomic E-state index is 0.552. The molecule has 128 valence electrons. The summed E-state index contributed by atoms with van der Waals surface area (Å²) in [7, 11) is 1.76. The van der Waals surface area contributed by atoms with Crippen LogP contribution in [0.15, 0.2) is 18.3 Å². The average molecular weight is 328 g/mol. The summed E-state index contributed by atoms with van der Waals surface area (Å²) in [5.41, 5.74) is 1.21. The molecule has 7 heteroatoms. The smallest absolute Gasteiger partial charge is 0.227 e. The number of nitrogens with one attached hydrogen (secondary N) is 2. The van der Waals surface area contributed by atoms with Gasteiger partial charge >= 0.3 is 0 Å². The molecule has 0 radical (unpaired) electrons. The standard InChI is InChI=1S/C17H24N6O/c1-24-11-12-3-2-8-23(10-12)17-18-7-6-15(20-17)19-16-9-14(21-22-16)13-4-5-13/h6-7,9,12-13H,2-5,8,10-11H2,1H3,(H2,18,19,20,21,22)/t12-/m1/s1. The van der Waals surface area contributed by atoms with Gasteiger partial charge in [0.2, 0.25) is 5.95 Å². The molecule has 2 aliphatic rings. The molecule has 3 heterocycles. The minimum absolute atomic E-state index is 0.552. The van der Waals surface area contributed by atoms with Crippen molar-refractivity contribution in [3.8, 4) is 0 Å². The monoisotopic (exact) mass is 328 g/mol. The molecule has 1 aliphatic heterocycles. The Bertz CT molecular complexity index is 681. The van der Waals surface area contributed by atoms with E-state index in [1.165, 1.54) is 25.0 Å². The van der Waals surface area contributed by atoms with Gasteiger partial charge in [0.15, 0.2) is 5.82 Å². The van der Waals surface area contributed by atoms with Crippen LogP contribution < -0.4 is 10.2 Å². The van der Waals surface area contributed by atoms with Crippen LogP contribution in [0.4, 0.5) is 17.6 Å². The van der Waals surface area contributed by atoms with Crippen LogP contribution in [-0.4, -0.2) is 47.0 Å². The summed E-state index contributed by atoms with van der Waals surface area (Å²) >= 11 is 0. The molecule has 0 aromatic carbocycles. The van der Waals surface area contributed by atoms with Gasteiger partial charge in [-0.05, 0) is 37.7 Å². The second kappa shape index (κ2) is 6.76. The Hall–Kier alpha value is -2.15. The summed E-state index contributed by atoms with van der Waals surface area (Å²) in [6, 6.07) is 3.96. The van der Waals surface area contributed by atoms with Crippen molar-refractivity contribution in [3.63, 3.8) is 0 Å². The number of hydrogen-bond acceptors (Lipinski definition) is 6. The molecule has 0 bridgehead atoms. The minimum Gasteiger partial charge on any atom is -0.384 e. The summed E-state index contributed by atoms with van der Waals surface area (Å²) in [5.74, 6) is 3.59. The largest absolute Gasteiger partial charge is 0.384 e. The Morgan fingerprint density at radius 3 is 3.08 bits per heavy atom. The SMILES string of the molecule is COC[C@@H]1CCCN(c2nccc(Nc3cc(C4CC4)[nH]n3)n2)C1. The van der Waals surface area contributed by atoms with Gasteiger partial charge in [0.05, 0.1) is 6.61 Å². The third-order valence-electron chi connectivity index (χ3n) is 4.72. The molecule has 1 aliphatic carbocycles. The van der Waals surface area contributed by atoms with E-state index in [1.807, 2.05) is 6.07 Å². The number of aromatic nitrogens is 4. The molecular weight excluding hydrogens is 304 g/mol. The van der Waals surface area contributed by atoms with Crippen LogP contribution in [0.3, 0.4) is 0 Å². The van der Waals surface area contributed by atoms with Crippen molar-refractivity contribution in [2.75, 3.05) is 37.0 Å². The molecule has 1 atom stereocenters. The number of hydrogen-bond donors (Lipinski definition) is 2. The fourth-order valence-electron chi connectivity index (χ4n) is 3.32. The first-order valence-electron chi connectivity index (χ1n) is 8.71. The van der Waals surface area contributed by atoms with Crippen LogP contribution >= 0.6 is 0 Å². The number of nitrogens with zero attached hydrogens (tertiary/aromatic N) is 4. The van der Waals surface area contributed by atoms with Crippen molar-refractivity contribution in [2.24, 2.45) is 5.92 Å². The molecule has 2 aromatic heterocycles. The van der Waals surface area contributed by atoms with E-state index in [0.717, 1.165) is 43.7 Å². The second-order valence-corrected chi connectivity index (χ2v) is 6.76. The van der Waals surface area contributed by atoms with Crippen LogP contribution in [0.5, 0.6) is 0 Å². The fourth-order valence-corrected chi connectivity index (χ4v) is 3.32. The van der Waals surface area contributed by atoms with Crippen molar-refractivity contribution in [2.45, 2.75) is 31.6 Å². The lowest BCUT2D eigenvalue weighted by Crippen LogP contribution is -2.38. The Labute approximate surface area is 141 Å². The van der Waals surface area contributed by atoms with E-state index in [2.05, 4.69) is 36.4 Å². The Kier molecular flexibility index (Phi) is 4.34. The Morgan fingerprint density at radius 1 is 1.33 bits per heavy atom. The summed E-state index contributed by atoms with van der Waals surface area (Å²) < 4.78 is 5.30. The molecule has 0 spiro atoms. The number of methoxy groups -OCH3 is 1. The molecule has 0 amide bonds. The van der Waals surface area contributed by atoms with Gasteiger partial charge in [-0.3, -0.25) is 5.10 Å². The molecule has 1 saturated heterocycles. The van der Waals surface area contributed by atoms with Crippen LogP contribution in [0.1, 0.15) is 37.3 Å². The van der Waals surface area contributed by atoms with Crippen LogP contribution in [0.25, 0.3) is 0 Å². The zero-order valence-corrected chi connectivity index (χ0v) is 14.0.